The van der Waals surface area contributed by atoms with E-state index in [1.165, 1.54) is 0 Å². The number of carbonyl (C=O) groups is 2. The third-order valence-corrected chi connectivity index (χ3v) is 1.35. The number of nitrogens with zero attached hydrogens (tertiary/aromatic N) is 1. The molecular weight excluding hydrogens is 210 g/mol. The van der Waals surface area contributed by atoms with Crippen LogP contribution in [0.15, 0.2) is 0 Å². The van der Waals surface area contributed by atoms with Gasteiger partial charge in [0.15, 0.2) is 0 Å². The van der Waals surface area contributed by atoms with Gasteiger partial charge in [0.05, 0.1) is 12.4 Å². The average molecular weight is 234 g/mol. The molecule has 0 fully saturated rings. The fourth-order valence-corrected chi connectivity index (χ4v) is 0.560. The second-order valence-electron chi connectivity index (χ2n) is 5.40. The standard InChI is InChI=1S/C11H21NO4/c1-10(2,3)8(13)16-12(7)9(14)15-11(4,5)6/h1-7H3/i7D3. The highest BCUT2D eigenvalue weighted by atomic mass is 16.8. The largest absolute Gasteiger partial charge is 0.443 e. The predicted octanol–water partition coefficient (Wildman–Crippen LogP) is 2.36. The van der Waals surface area contributed by atoms with Crippen LogP contribution in [0.2, 0.25) is 0 Å². The zero-order valence-corrected chi connectivity index (χ0v) is 10.6. The van der Waals surface area contributed by atoms with Crippen LogP contribution in [0.25, 0.3) is 0 Å². The van der Waals surface area contributed by atoms with Crippen molar-refractivity contribution in [1.29, 1.82) is 0 Å². The predicted molar refractivity (Wildman–Crippen MR) is 59.5 cm³/mol. The van der Waals surface area contributed by atoms with Crippen molar-refractivity contribution < 1.29 is 23.3 Å². The zero-order chi connectivity index (χ0) is 15.6. The summed E-state index contributed by atoms with van der Waals surface area (Å²) in [6, 6.07) is 0. The second-order valence-corrected chi connectivity index (χ2v) is 5.40. The number of hydroxylamine groups is 2. The minimum atomic E-state index is -2.93. The van der Waals surface area contributed by atoms with Crippen LogP contribution in [-0.4, -0.2) is 29.7 Å². The topological polar surface area (TPSA) is 55.8 Å². The van der Waals surface area contributed by atoms with Crippen LogP contribution in [0, 0.1) is 5.41 Å². The van der Waals surface area contributed by atoms with Crippen molar-refractivity contribution in [3.05, 3.63) is 0 Å². The van der Waals surface area contributed by atoms with Gasteiger partial charge < -0.3 is 9.57 Å². The van der Waals surface area contributed by atoms with Crippen molar-refractivity contribution in [2.45, 2.75) is 47.1 Å². The van der Waals surface area contributed by atoms with Crippen LogP contribution >= 0.6 is 0 Å². The zero-order valence-electron chi connectivity index (χ0n) is 13.6. The maximum atomic E-state index is 11.7. The molecule has 0 aliphatic rings. The van der Waals surface area contributed by atoms with E-state index in [-0.39, 0.29) is 5.06 Å². The number of hydrogen-bond donors (Lipinski definition) is 0. The third-order valence-electron chi connectivity index (χ3n) is 1.35. The first-order valence-electron chi connectivity index (χ1n) is 6.40. The molecule has 0 radical (unpaired) electrons. The van der Waals surface area contributed by atoms with Crippen LogP contribution in [0.3, 0.4) is 0 Å². The Bertz CT molecular complexity index is 352. The van der Waals surface area contributed by atoms with Gasteiger partial charge in [0.2, 0.25) is 0 Å². The molecule has 0 heterocycles. The molecule has 5 nitrogen and oxygen atoms in total. The minimum absolute atomic E-state index is 0.00810. The van der Waals surface area contributed by atoms with Crippen LogP contribution in [0.4, 0.5) is 4.79 Å². The molecule has 0 N–H and O–H groups in total. The van der Waals surface area contributed by atoms with Crippen LogP contribution in [0.5, 0.6) is 0 Å². The summed E-state index contributed by atoms with van der Waals surface area (Å²) in [5.41, 5.74) is -1.83. The molecule has 5 heteroatoms. The van der Waals surface area contributed by atoms with Gasteiger partial charge in [-0.15, -0.1) is 5.06 Å². The molecule has 0 aliphatic carbocycles. The Hall–Kier alpha value is -1.26. The van der Waals surface area contributed by atoms with Gasteiger partial charge in [0.1, 0.15) is 5.60 Å². The first kappa shape index (κ1) is 9.93. The number of amides is 1. The lowest BCUT2D eigenvalue weighted by Crippen LogP contribution is -2.38. The van der Waals surface area contributed by atoms with E-state index in [1.54, 1.807) is 41.5 Å². The molecule has 0 aromatic rings. The Labute approximate surface area is 101 Å². The van der Waals surface area contributed by atoms with Gasteiger partial charge in [-0.05, 0) is 41.5 Å². The van der Waals surface area contributed by atoms with E-state index in [1.807, 2.05) is 0 Å². The second kappa shape index (κ2) is 4.72. The smallest absolute Gasteiger partial charge is 0.442 e. The molecule has 0 aliphatic heterocycles. The Morgan fingerprint density at radius 1 is 1.12 bits per heavy atom. The summed E-state index contributed by atoms with van der Waals surface area (Å²) in [5.74, 6) is -0.838. The Balaban J connectivity index is 5.06. The summed E-state index contributed by atoms with van der Waals surface area (Å²) in [6.45, 7) is 6.44. The summed E-state index contributed by atoms with van der Waals surface area (Å²) >= 11 is 0. The number of hydrogen-bond acceptors (Lipinski definition) is 4. The molecule has 1 amide bonds. The fraction of sp³-hybridized carbons (Fsp3) is 0.818. The Morgan fingerprint density at radius 2 is 1.62 bits per heavy atom. The van der Waals surface area contributed by atoms with Gasteiger partial charge in [-0.2, -0.15) is 0 Å². The number of rotatable bonds is 0. The van der Waals surface area contributed by atoms with Crippen LogP contribution in [-0.2, 0) is 14.4 Å². The molecule has 0 aromatic carbocycles. The summed E-state index contributed by atoms with van der Waals surface area (Å²) in [5, 5.41) is -0.00810. The molecule has 94 valence electrons. The summed E-state index contributed by atoms with van der Waals surface area (Å²) in [7, 11) is 0. The molecule has 0 spiro atoms. The lowest BCUT2D eigenvalue weighted by molar-refractivity contribution is -0.188. The van der Waals surface area contributed by atoms with E-state index in [0.717, 1.165) is 0 Å². The molecule has 0 saturated carbocycles. The van der Waals surface area contributed by atoms with Crippen LogP contribution in [0.1, 0.15) is 45.7 Å². The Morgan fingerprint density at radius 3 is 1.94 bits per heavy atom. The maximum absolute atomic E-state index is 11.7. The van der Waals surface area contributed by atoms with Crippen molar-refractivity contribution >= 4 is 12.1 Å². The molecule has 16 heavy (non-hydrogen) atoms. The molecule has 0 unspecified atom stereocenters. The summed E-state index contributed by atoms with van der Waals surface area (Å²) in [6.07, 6.45) is -1.23. The fourth-order valence-electron chi connectivity index (χ4n) is 0.560. The maximum Gasteiger partial charge on any atom is 0.443 e. The monoisotopic (exact) mass is 234 g/mol. The van der Waals surface area contributed by atoms with Crippen molar-refractivity contribution in [3.63, 3.8) is 0 Å². The van der Waals surface area contributed by atoms with E-state index < -0.39 is 30.1 Å². The van der Waals surface area contributed by atoms with Gasteiger partial charge in [0.25, 0.3) is 0 Å². The highest BCUT2D eigenvalue weighted by Gasteiger charge is 2.28. The molecule has 0 bridgehead atoms. The van der Waals surface area contributed by atoms with Crippen LogP contribution < -0.4 is 0 Å². The van der Waals surface area contributed by atoms with Gasteiger partial charge in [0, 0.05) is 4.11 Å². The van der Waals surface area contributed by atoms with Gasteiger partial charge in [-0.3, -0.25) is 0 Å². The highest BCUT2D eigenvalue weighted by molar-refractivity contribution is 5.77. The van der Waals surface area contributed by atoms with Gasteiger partial charge >= 0.3 is 12.1 Å². The first-order chi connectivity index (χ1) is 8.14. The average Bonchev–Trinajstić information content (AvgIpc) is 2.06. The SMILES string of the molecule is [2H]C([2H])([2H])N(OC(=O)C(C)(C)C)C(=O)OC(C)(C)C. The molecule has 0 saturated heterocycles. The first-order valence-corrected chi connectivity index (χ1v) is 4.90. The molecular formula is C11H21NO4. The highest BCUT2D eigenvalue weighted by Crippen LogP contribution is 2.16. The normalized spacial score (nSPS) is 15.5. The molecule has 0 aromatic heterocycles. The quantitative estimate of drug-likeness (QED) is 0.604. The van der Waals surface area contributed by atoms with Crippen molar-refractivity contribution in [1.82, 2.24) is 5.06 Å². The van der Waals surface area contributed by atoms with Crippen molar-refractivity contribution in [2.24, 2.45) is 5.41 Å². The lowest BCUT2D eigenvalue weighted by atomic mass is 9.98. The van der Waals surface area contributed by atoms with E-state index in [2.05, 4.69) is 4.84 Å². The van der Waals surface area contributed by atoms with Crippen molar-refractivity contribution in [2.75, 3.05) is 6.98 Å². The lowest BCUT2D eigenvalue weighted by Gasteiger charge is -2.25. The number of ether oxygens (including phenoxy) is 1. The van der Waals surface area contributed by atoms with E-state index in [0.29, 0.717) is 0 Å². The Kier molecular flexibility index (Phi) is 2.93. The van der Waals surface area contributed by atoms with Crippen molar-refractivity contribution in [3.8, 4) is 0 Å². The van der Waals surface area contributed by atoms with E-state index in [9.17, 15) is 9.59 Å². The molecule has 0 atom stereocenters. The summed E-state index contributed by atoms with van der Waals surface area (Å²) in [4.78, 5) is 28.0. The third kappa shape index (κ3) is 5.58. The van der Waals surface area contributed by atoms with E-state index in [4.69, 9.17) is 8.85 Å². The van der Waals surface area contributed by atoms with Gasteiger partial charge in [-0.1, -0.05) is 0 Å². The van der Waals surface area contributed by atoms with Gasteiger partial charge in [-0.25, -0.2) is 9.59 Å². The number of carbonyl (C=O) groups excluding carboxylic acids is 2. The molecule has 0 rings (SSSR count). The van der Waals surface area contributed by atoms with E-state index >= 15 is 0 Å². The minimum Gasteiger partial charge on any atom is -0.442 e. The summed E-state index contributed by atoms with van der Waals surface area (Å²) < 4.78 is 26.5.